The summed E-state index contributed by atoms with van der Waals surface area (Å²) < 4.78 is 36.3. The molecule has 0 radical (unpaired) electrons. The first-order valence-electron chi connectivity index (χ1n) is 10.7. The number of primary sulfonamides is 1. The van der Waals surface area contributed by atoms with E-state index in [2.05, 4.69) is 16.3 Å². The Morgan fingerprint density at radius 3 is 2.56 bits per heavy atom. The Balaban J connectivity index is 1.42. The predicted octanol–water partition coefficient (Wildman–Crippen LogP) is 3.19. The molecule has 34 heavy (non-hydrogen) atoms. The number of benzene rings is 2. The van der Waals surface area contributed by atoms with Crippen LogP contribution in [0.1, 0.15) is 27.1 Å². The number of nitrogens with zero attached hydrogens (tertiary/aromatic N) is 2. The van der Waals surface area contributed by atoms with Crippen LogP contribution in [-0.2, 0) is 40.6 Å². The van der Waals surface area contributed by atoms with Gasteiger partial charge < -0.3 is 5.32 Å². The van der Waals surface area contributed by atoms with Gasteiger partial charge in [0, 0.05) is 24.5 Å². The summed E-state index contributed by atoms with van der Waals surface area (Å²) in [4.78, 5) is 15.9. The number of rotatable bonds is 6. The molecule has 2 aromatic carbocycles. The maximum atomic E-state index is 13.5. The van der Waals surface area contributed by atoms with Crippen molar-refractivity contribution in [2.45, 2.75) is 30.7 Å². The summed E-state index contributed by atoms with van der Waals surface area (Å²) in [5.74, 6) is -0.539. The van der Waals surface area contributed by atoms with Crippen LogP contribution in [0.3, 0.4) is 0 Å². The summed E-state index contributed by atoms with van der Waals surface area (Å²) in [6.45, 7) is 2.15. The lowest BCUT2D eigenvalue weighted by Crippen LogP contribution is -2.26. The van der Waals surface area contributed by atoms with Gasteiger partial charge in [-0.3, -0.25) is 9.69 Å². The first-order valence-corrected chi connectivity index (χ1v) is 13.0. The highest BCUT2D eigenvalue weighted by Crippen LogP contribution is 2.35. The zero-order valence-electron chi connectivity index (χ0n) is 18.3. The lowest BCUT2D eigenvalue weighted by Gasteiger charge is -2.20. The van der Waals surface area contributed by atoms with Crippen LogP contribution < -0.4 is 10.5 Å². The summed E-state index contributed by atoms with van der Waals surface area (Å²) in [5, 5.41) is 18.3. The van der Waals surface area contributed by atoms with E-state index in [0.29, 0.717) is 29.1 Å². The van der Waals surface area contributed by atoms with Crippen molar-refractivity contribution in [1.29, 1.82) is 5.26 Å². The average molecular weight is 499 g/mol. The highest BCUT2D eigenvalue weighted by molar-refractivity contribution is 7.89. The number of carbonyl (C=O) groups excluding carboxylic acids is 1. The maximum Gasteiger partial charge on any atom is 0.238 e. The third-order valence-corrected chi connectivity index (χ3v) is 7.84. The zero-order valence-corrected chi connectivity index (χ0v) is 19.9. The molecule has 3 aromatic rings. The summed E-state index contributed by atoms with van der Waals surface area (Å²) in [6, 6.07) is 14.6. The van der Waals surface area contributed by atoms with Crippen LogP contribution in [0.25, 0.3) is 0 Å². The number of sulfonamides is 1. The number of carbonyl (C=O) groups is 1. The van der Waals surface area contributed by atoms with Crippen LogP contribution in [0.5, 0.6) is 0 Å². The molecule has 1 aliphatic rings. The van der Waals surface area contributed by atoms with E-state index in [4.69, 9.17) is 5.14 Å². The number of halogens is 1. The number of amides is 1. The number of thiophene rings is 1. The fourth-order valence-corrected chi connectivity index (χ4v) is 5.75. The number of anilines is 1. The lowest BCUT2D eigenvalue weighted by atomic mass is 10.1. The van der Waals surface area contributed by atoms with E-state index in [1.807, 2.05) is 6.07 Å². The largest absolute Gasteiger partial charge is 0.316 e. The van der Waals surface area contributed by atoms with Gasteiger partial charge in [-0.2, -0.15) is 5.26 Å². The van der Waals surface area contributed by atoms with Crippen molar-refractivity contribution in [2.24, 2.45) is 5.14 Å². The van der Waals surface area contributed by atoms with Gasteiger partial charge in [0.05, 0.1) is 16.9 Å². The third-order valence-electron chi connectivity index (χ3n) is 5.70. The third kappa shape index (κ3) is 5.69. The van der Waals surface area contributed by atoms with Crippen molar-refractivity contribution < 1.29 is 17.6 Å². The summed E-state index contributed by atoms with van der Waals surface area (Å²) >= 11 is 1.42. The number of nitrogens with two attached hydrogens (primary N) is 1. The van der Waals surface area contributed by atoms with Crippen molar-refractivity contribution in [3.63, 3.8) is 0 Å². The second-order valence-corrected chi connectivity index (χ2v) is 10.8. The Kier molecular flexibility index (Phi) is 7.09. The van der Waals surface area contributed by atoms with E-state index in [-0.39, 0.29) is 23.0 Å². The first kappa shape index (κ1) is 24.0. The number of fused-ring (bicyclic) bond motifs is 1. The smallest absolute Gasteiger partial charge is 0.238 e. The molecule has 1 amide bonds. The fourth-order valence-electron chi connectivity index (χ4n) is 4.03. The van der Waals surface area contributed by atoms with E-state index in [9.17, 15) is 22.9 Å². The van der Waals surface area contributed by atoms with E-state index >= 15 is 0 Å². The molecule has 7 nitrogen and oxygen atoms in total. The molecule has 4 rings (SSSR count). The zero-order chi connectivity index (χ0) is 24.3. The highest BCUT2D eigenvalue weighted by atomic mass is 32.2. The summed E-state index contributed by atoms with van der Waals surface area (Å²) in [7, 11) is -3.79. The molecule has 0 spiro atoms. The van der Waals surface area contributed by atoms with E-state index < -0.39 is 10.0 Å². The van der Waals surface area contributed by atoms with Gasteiger partial charge in [0.15, 0.2) is 0 Å². The molecule has 2 heterocycles. The second kappa shape index (κ2) is 10.0. The van der Waals surface area contributed by atoms with Gasteiger partial charge in [-0.25, -0.2) is 17.9 Å². The van der Waals surface area contributed by atoms with Crippen LogP contribution in [0, 0.1) is 17.1 Å². The van der Waals surface area contributed by atoms with Crippen molar-refractivity contribution >= 4 is 32.3 Å². The molecule has 176 valence electrons. The van der Waals surface area contributed by atoms with Crippen molar-refractivity contribution in [1.82, 2.24) is 4.90 Å². The SMILES string of the molecule is N#Cc1c(NC(=O)Cc2ccc(S(N)(=O)=O)cc2)sc2c1CCN(Cc1cccc(F)c1)CC2. The average Bonchev–Trinajstić information content (AvgIpc) is 2.99. The van der Waals surface area contributed by atoms with Gasteiger partial charge >= 0.3 is 0 Å². The van der Waals surface area contributed by atoms with Crippen LogP contribution in [0.4, 0.5) is 9.39 Å². The van der Waals surface area contributed by atoms with Gasteiger partial charge in [0.25, 0.3) is 0 Å². The molecule has 0 unspecified atom stereocenters. The number of hydrogen-bond acceptors (Lipinski definition) is 6. The number of nitriles is 1. The molecule has 10 heteroatoms. The Bertz CT molecular complexity index is 1360. The van der Waals surface area contributed by atoms with E-state index in [1.54, 1.807) is 18.2 Å². The summed E-state index contributed by atoms with van der Waals surface area (Å²) in [6.07, 6.45) is 1.46. The monoisotopic (exact) mass is 498 g/mol. The van der Waals surface area contributed by atoms with Gasteiger partial charge in [-0.05, 0) is 53.8 Å². The number of hydrogen-bond donors (Lipinski definition) is 2. The molecule has 1 aliphatic heterocycles. The van der Waals surface area contributed by atoms with E-state index in [0.717, 1.165) is 35.5 Å². The standard InChI is InChI=1S/C24H23FN4O3S2/c25-18-3-1-2-17(12-18)15-29-10-8-20-21(14-26)24(33-22(20)9-11-29)28-23(30)13-16-4-6-19(7-5-16)34(27,31)32/h1-7,12H,8-11,13,15H2,(H,28,30)(H2,27,31,32). The van der Waals surface area contributed by atoms with Crippen LogP contribution in [0.2, 0.25) is 0 Å². The first-order chi connectivity index (χ1) is 16.2. The minimum absolute atomic E-state index is 0.0168. The fraction of sp³-hybridized carbons (Fsp3) is 0.250. The van der Waals surface area contributed by atoms with Crippen LogP contribution >= 0.6 is 11.3 Å². The lowest BCUT2D eigenvalue weighted by molar-refractivity contribution is -0.115. The van der Waals surface area contributed by atoms with Crippen molar-refractivity contribution in [3.8, 4) is 6.07 Å². The van der Waals surface area contributed by atoms with Crippen molar-refractivity contribution in [3.05, 3.63) is 81.5 Å². The minimum atomic E-state index is -3.79. The van der Waals surface area contributed by atoms with Crippen LogP contribution in [0.15, 0.2) is 53.4 Å². The minimum Gasteiger partial charge on any atom is -0.316 e. The molecule has 0 fully saturated rings. The molecule has 0 atom stereocenters. The highest BCUT2D eigenvalue weighted by Gasteiger charge is 2.23. The predicted molar refractivity (Wildman–Crippen MR) is 128 cm³/mol. The van der Waals surface area contributed by atoms with Gasteiger partial charge in [0.1, 0.15) is 16.9 Å². The molecular formula is C24H23FN4O3S2. The topological polar surface area (TPSA) is 116 Å². The molecule has 0 saturated carbocycles. The summed E-state index contributed by atoms with van der Waals surface area (Å²) in [5.41, 5.74) is 3.00. The molecule has 3 N–H and O–H groups in total. The second-order valence-electron chi connectivity index (χ2n) is 8.14. The van der Waals surface area contributed by atoms with E-state index in [1.165, 1.54) is 35.6 Å². The van der Waals surface area contributed by atoms with Gasteiger partial charge in [-0.15, -0.1) is 11.3 Å². The van der Waals surface area contributed by atoms with Crippen molar-refractivity contribution in [2.75, 3.05) is 18.4 Å². The maximum absolute atomic E-state index is 13.5. The van der Waals surface area contributed by atoms with Gasteiger partial charge in [-0.1, -0.05) is 24.3 Å². The molecular weight excluding hydrogens is 475 g/mol. The van der Waals surface area contributed by atoms with Gasteiger partial charge in [0.2, 0.25) is 15.9 Å². The molecule has 0 aliphatic carbocycles. The normalized spacial score (nSPS) is 14.1. The molecule has 0 saturated heterocycles. The van der Waals surface area contributed by atoms with Crippen LogP contribution in [-0.4, -0.2) is 32.3 Å². The Hall–Kier alpha value is -3.10. The Morgan fingerprint density at radius 2 is 1.88 bits per heavy atom. The Morgan fingerprint density at radius 1 is 1.15 bits per heavy atom. The Labute approximate surface area is 201 Å². The number of nitrogens with one attached hydrogen (secondary N) is 1. The molecule has 0 bridgehead atoms. The quantitative estimate of drug-likeness (QED) is 0.541. The molecule has 1 aromatic heterocycles.